The van der Waals surface area contributed by atoms with Crippen molar-refractivity contribution >= 4 is 18.3 Å². The normalized spacial score (nSPS) is 24.4. The zero-order chi connectivity index (χ0) is 13.4. The third-order valence-corrected chi connectivity index (χ3v) is 4.12. The van der Waals surface area contributed by atoms with Crippen molar-refractivity contribution in [1.82, 2.24) is 10.6 Å². The lowest BCUT2D eigenvalue weighted by molar-refractivity contribution is -0.125. The van der Waals surface area contributed by atoms with Gasteiger partial charge >= 0.3 is 0 Å². The molecular formula is C15H31ClN2O. The third-order valence-electron chi connectivity index (χ3n) is 4.12. The van der Waals surface area contributed by atoms with Crippen molar-refractivity contribution in [2.24, 2.45) is 11.8 Å². The predicted molar refractivity (Wildman–Crippen MR) is 83.8 cm³/mol. The van der Waals surface area contributed by atoms with Crippen LogP contribution < -0.4 is 10.6 Å². The Bertz CT molecular complexity index is 240. The van der Waals surface area contributed by atoms with Crippen LogP contribution in [0, 0.1) is 11.8 Å². The van der Waals surface area contributed by atoms with Gasteiger partial charge in [-0.15, -0.1) is 12.4 Å². The van der Waals surface area contributed by atoms with Crippen LogP contribution in [0.2, 0.25) is 0 Å². The molecule has 0 aromatic carbocycles. The van der Waals surface area contributed by atoms with Gasteiger partial charge in [0.1, 0.15) is 0 Å². The van der Waals surface area contributed by atoms with Crippen molar-refractivity contribution in [3.63, 3.8) is 0 Å². The van der Waals surface area contributed by atoms with E-state index in [1.165, 1.54) is 44.9 Å². The van der Waals surface area contributed by atoms with Gasteiger partial charge in [0, 0.05) is 18.5 Å². The highest BCUT2D eigenvalue weighted by Gasteiger charge is 2.23. The first kappa shape index (κ1) is 18.7. The van der Waals surface area contributed by atoms with E-state index in [2.05, 4.69) is 17.6 Å². The molecule has 4 heteroatoms. The van der Waals surface area contributed by atoms with Crippen molar-refractivity contribution < 1.29 is 4.79 Å². The lowest BCUT2D eigenvalue weighted by Crippen LogP contribution is -2.42. The molecule has 0 aliphatic heterocycles. The Morgan fingerprint density at radius 1 is 1.26 bits per heavy atom. The summed E-state index contributed by atoms with van der Waals surface area (Å²) in [4.78, 5) is 11.9. The summed E-state index contributed by atoms with van der Waals surface area (Å²) in [6.07, 6.45) is 8.99. The highest BCUT2D eigenvalue weighted by atomic mass is 35.5. The molecule has 0 saturated heterocycles. The molecule has 114 valence electrons. The molecule has 1 aliphatic rings. The molecule has 1 saturated carbocycles. The lowest BCUT2D eigenvalue weighted by atomic mass is 9.83. The standard InChI is InChI=1S/C15H30N2O.ClH/c1-4-5-6-13-7-9-14(10-8-13)17-15(18)12(2)11-16-3;/h12-14,16H,4-11H2,1-3H3,(H,17,18);1H. The SMILES string of the molecule is CCCCC1CCC(NC(=O)C(C)CNC)CC1.Cl. The highest BCUT2D eigenvalue weighted by molar-refractivity contribution is 5.85. The van der Waals surface area contributed by atoms with E-state index in [4.69, 9.17) is 0 Å². The van der Waals surface area contributed by atoms with E-state index in [1.807, 2.05) is 14.0 Å². The maximum absolute atomic E-state index is 11.9. The summed E-state index contributed by atoms with van der Waals surface area (Å²) in [6.45, 7) is 5.01. The molecule has 1 rings (SSSR count). The van der Waals surface area contributed by atoms with Crippen LogP contribution in [0.1, 0.15) is 58.8 Å². The molecular weight excluding hydrogens is 260 g/mol. The van der Waals surface area contributed by atoms with Crippen LogP contribution in [0.25, 0.3) is 0 Å². The molecule has 0 spiro atoms. The summed E-state index contributed by atoms with van der Waals surface area (Å²) in [5.41, 5.74) is 0. The summed E-state index contributed by atoms with van der Waals surface area (Å²) in [7, 11) is 1.89. The van der Waals surface area contributed by atoms with Crippen LogP contribution in [0.5, 0.6) is 0 Å². The number of rotatable bonds is 7. The molecule has 2 N–H and O–H groups in total. The molecule has 0 heterocycles. The van der Waals surface area contributed by atoms with E-state index < -0.39 is 0 Å². The van der Waals surface area contributed by atoms with E-state index in [-0.39, 0.29) is 24.2 Å². The van der Waals surface area contributed by atoms with Gasteiger partial charge in [-0.3, -0.25) is 4.79 Å². The number of hydrogen-bond acceptors (Lipinski definition) is 2. The first-order valence-corrected chi connectivity index (χ1v) is 7.62. The smallest absolute Gasteiger partial charge is 0.224 e. The van der Waals surface area contributed by atoms with Crippen molar-refractivity contribution in [2.45, 2.75) is 64.8 Å². The van der Waals surface area contributed by atoms with Crippen LogP contribution in [0.3, 0.4) is 0 Å². The van der Waals surface area contributed by atoms with Crippen LogP contribution in [0.4, 0.5) is 0 Å². The Hall–Kier alpha value is -0.280. The lowest BCUT2D eigenvalue weighted by Gasteiger charge is -2.29. The molecule has 19 heavy (non-hydrogen) atoms. The molecule has 1 atom stereocenters. The zero-order valence-electron chi connectivity index (χ0n) is 12.7. The summed E-state index contributed by atoms with van der Waals surface area (Å²) >= 11 is 0. The summed E-state index contributed by atoms with van der Waals surface area (Å²) in [5.74, 6) is 1.20. The van der Waals surface area contributed by atoms with Crippen LogP contribution in [-0.4, -0.2) is 25.5 Å². The summed E-state index contributed by atoms with van der Waals surface area (Å²) < 4.78 is 0. The van der Waals surface area contributed by atoms with Gasteiger partial charge in [0.15, 0.2) is 0 Å². The largest absolute Gasteiger partial charge is 0.353 e. The third kappa shape index (κ3) is 7.17. The minimum atomic E-state index is 0. The van der Waals surface area contributed by atoms with Gasteiger partial charge in [-0.1, -0.05) is 33.1 Å². The van der Waals surface area contributed by atoms with E-state index in [1.54, 1.807) is 0 Å². The fourth-order valence-electron chi connectivity index (χ4n) is 2.83. The highest BCUT2D eigenvalue weighted by Crippen LogP contribution is 2.28. The van der Waals surface area contributed by atoms with Crippen molar-refractivity contribution in [1.29, 1.82) is 0 Å². The molecule has 1 unspecified atom stereocenters. The summed E-state index contributed by atoms with van der Waals surface area (Å²) in [5, 5.41) is 6.26. The van der Waals surface area contributed by atoms with Gasteiger partial charge in [-0.2, -0.15) is 0 Å². The second kappa shape index (κ2) is 10.5. The van der Waals surface area contributed by atoms with Gasteiger partial charge in [0.2, 0.25) is 5.91 Å². The van der Waals surface area contributed by atoms with Gasteiger partial charge in [0.05, 0.1) is 0 Å². The summed E-state index contributed by atoms with van der Waals surface area (Å²) in [6, 6.07) is 0.426. The molecule has 0 bridgehead atoms. The Morgan fingerprint density at radius 2 is 1.89 bits per heavy atom. The van der Waals surface area contributed by atoms with Crippen molar-refractivity contribution in [3.05, 3.63) is 0 Å². The number of carbonyl (C=O) groups is 1. The molecule has 3 nitrogen and oxygen atoms in total. The van der Waals surface area contributed by atoms with E-state index >= 15 is 0 Å². The van der Waals surface area contributed by atoms with Gasteiger partial charge in [0.25, 0.3) is 0 Å². The Balaban J connectivity index is 0.00000324. The van der Waals surface area contributed by atoms with Gasteiger partial charge < -0.3 is 10.6 Å². The number of unbranched alkanes of at least 4 members (excludes halogenated alkanes) is 1. The number of halogens is 1. The number of nitrogens with one attached hydrogen (secondary N) is 2. The van der Waals surface area contributed by atoms with Crippen LogP contribution >= 0.6 is 12.4 Å². The maximum Gasteiger partial charge on any atom is 0.224 e. The van der Waals surface area contributed by atoms with Crippen LogP contribution in [-0.2, 0) is 4.79 Å². The average Bonchev–Trinajstić information content (AvgIpc) is 2.38. The fraction of sp³-hybridized carbons (Fsp3) is 0.933. The second-order valence-corrected chi connectivity index (χ2v) is 5.83. The minimum Gasteiger partial charge on any atom is -0.353 e. The average molecular weight is 291 g/mol. The predicted octanol–water partition coefficient (Wildman–Crippen LogP) is 3.13. The monoisotopic (exact) mass is 290 g/mol. The van der Waals surface area contributed by atoms with Gasteiger partial charge in [-0.05, 0) is 38.6 Å². The Kier molecular flexibility index (Phi) is 10.3. The molecule has 0 aromatic rings. The van der Waals surface area contributed by atoms with Crippen LogP contribution in [0.15, 0.2) is 0 Å². The number of hydrogen-bond donors (Lipinski definition) is 2. The van der Waals surface area contributed by atoms with E-state index in [0.717, 1.165) is 12.5 Å². The number of amides is 1. The van der Waals surface area contributed by atoms with Gasteiger partial charge in [-0.25, -0.2) is 0 Å². The molecule has 0 aromatic heterocycles. The molecule has 1 aliphatic carbocycles. The number of carbonyl (C=O) groups excluding carboxylic acids is 1. The molecule has 1 amide bonds. The molecule has 0 radical (unpaired) electrons. The zero-order valence-corrected chi connectivity index (χ0v) is 13.5. The van der Waals surface area contributed by atoms with Crippen molar-refractivity contribution in [2.75, 3.05) is 13.6 Å². The molecule has 1 fully saturated rings. The van der Waals surface area contributed by atoms with Crippen molar-refractivity contribution in [3.8, 4) is 0 Å². The quantitative estimate of drug-likeness (QED) is 0.756. The Morgan fingerprint density at radius 3 is 2.42 bits per heavy atom. The Labute approximate surface area is 124 Å². The first-order chi connectivity index (χ1) is 8.67. The van der Waals surface area contributed by atoms with E-state index in [0.29, 0.717) is 6.04 Å². The topological polar surface area (TPSA) is 41.1 Å². The second-order valence-electron chi connectivity index (χ2n) is 5.83. The van der Waals surface area contributed by atoms with E-state index in [9.17, 15) is 4.79 Å². The fourth-order valence-corrected chi connectivity index (χ4v) is 2.83. The maximum atomic E-state index is 11.9. The minimum absolute atomic E-state index is 0. The first-order valence-electron chi connectivity index (χ1n) is 7.62.